The molecule has 0 atom stereocenters. The summed E-state index contributed by atoms with van der Waals surface area (Å²) in [6.07, 6.45) is 0. The fourth-order valence-electron chi connectivity index (χ4n) is 2.68. The largest absolute Gasteiger partial charge is 0.497 e. The first-order valence-corrected chi connectivity index (χ1v) is 10.4. The second kappa shape index (κ2) is 7.61. The van der Waals surface area contributed by atoms with Gasteiger partial charge >= 0.3 is 0 Å². The predicted molar refractivity (Wildman–Crippen MR) is 104 cm³/mol. The quantitative estimate of drug-likeness (QED) is 0.626. The second-order valence-electron chi connectivity index (χ2n) is 5.55. The van der Waals surface area contributed by atoms with Gasteiger partial charge in [-0.2, -0.15) is 8.42 Å². The maximum absolute atomic E-state index is 12.7. The van der Waals surface area contributed by atoms with Crippen molar-refractivity contribution in [2.24, 2.45) is 4.40 Å². The van der Waals surface area contributed by atoms with Crippen molar-refractivity contribution in [2.45, 2.75) is 18.4 Å². The Kier molecular flexibility index (Phi) is 5.43. The molecule has 0 bridgehead atoms. The van der Waals surface area contributed by atoms with Crippen molar-refractivity contribution in [3.8, 4) is 17.2 Å². The minimum Gasteiger partial charge on any atom is -0.497 e. The SMILES string of the molecule is CCn1c(=NS(=O)(=O)c2ccc(OC)cc2)sc2cc(OC)c(OC)cc21. The molecule has 2 aromatic carbocycles. The van der Waals surface area contributed by atoms with E-state index in [4.69, 9.17) is 14.2 Å². The number of sulfonamides is 1. The van der Waals surface area contributed by atoms with Crippen LogP contribution in [0.4, 0.5) is 0 Å². The van der Waals surface area contributed by atoms with Crippen molar-refractivity contribution >= 4 is 31.6 Å². The van der Waals surface area contributed by atoms with E-state index in [1.165, 1.54) is 30.6 Å². The lowest BCUT2D eigenvalue weighted by atomic mass is 10.3. The molecule has 0 fully saturated rings. The van der Waals surface area contributed by atoms with Gasteiger partial charge in [0.05, 0.1) is 36.4 Å². The van der Waals surface area contributed by atoms with E-state index in [9.17, 15) is 8.42 Å². The topological polar surface area (TPSA) is 79.1 Å². The number of hydrogen-bond acceptors (Lipinski definition) is 6. The van der Waals surface area contributed by atoms with E-state index in [-0.39, 0.29) is 4.90 Å². The zero-order valence-corrected chi connectivity index (χ0v) is 17.1. The first kappa shape index (κ1) is 19.2. The van der Waals surface area contributed by atoms with Gasteiger partial charge < -0.3 is 18.8 Å². The molecule has 0 radical (unpaired) electrons. The van der Waals surface area contributed by atoms with Crippen LogP contribution in [-0.2, 0) is 16.6 Å². The number of rotatable bonds is 6. The van der Waals surface area contributed by atoms with Gasteiger partial charge in [0.2, 0.25) is 4.80 Å². The maximum atomic E-state index is 12.7. The van der Waals surface area contributed by atoms with Gasteiger partial charge in [0.15, 0.2) is 11.5 Å². The molecule has 0 unspecified atom stereocenters. The molecule has 9 heteroatoms. The van der Waals surface area contributed by atoms with Crippen molar-refractivity contribution in [3.63, 3.8) is 0 Å². The third kappa shape index (κ3) is 3.65. The van der Waals surface area contributed by atoms with E-state index in [1.54, 1.807) is 26.4 Å². The Balaban J connectivity index is 2.19. The smallest absolute Gasteiger partial charge is 0.285 e. The van der Waals surface area contributed by atoms with Crippen molar-refractivity contribution in [1.29, 1.82) is 0 Å². The molecule has 7 nitrogen and oxygen atoms in total. The third-order valence-electron chi connectivity index (χ3n) is 4.06. The highest BCUT2D eigenvalue weighted by Gasteiger charge is 2.16. The molecular weight excluding hydrogens is 388 g/mol. The molecule has 0 N–H and O–H groups in total. The molecule has 3 aromatic rings. The van der Waals surface area contributed by atoms with E-state index < -0.39 is 10.0 Å². The van der Waals surface area contributed by atoms with Crippen LogP contribution in [-0.4, -0.2) is 34.3 Å². The minimum absolute atomic E-state index is 0.110. The number of benzene rings is 2. The van der Waals surface area contributed by atoms with Gasteiger partial charge in [-0.15, -0.1) is 4.40 Å². The first-order valence-electron chi connectivity index (χ1n) is 8.14. The van der Waals surface area contributed by atoms with Gasteiger partial charge in [0.25, 0.3) is 10.0 Å². The van der Waals surface area contributed by atoms with Gasteiger partial charge in [-0.05, 0) is 31.2 Å². The molecule has 0 amide bonds. The summed E-state index contributed by atoms with van der Waals surface area (Å²) in [5.41, 5.74) is 0.837. The van der Waals surface area contributed by atoms with E-state index >= 15 is 0 Å². The molecule has 144 valence electrons. The van der Waals surface area contributed by atoms with Gasteiger partial charge in [0.1, 0.15) is 5.75 Å². The zero-order chi connectivity index (χ0) is 19.6. The maximum Gasteiger partial charge on any atom is 0.285 e. The first-order chi connectivity index (χ1) is 12.9. The lowest BCUT2D eigenvalue weighted by Crippen LogP contribution is -2.16. The van der Waals surface area contributed by atoms with Crippen molar-refractivity contribution in [2.75, 3.05) is 21.3 Å². The van der Waals surface area contributed by atoms with Gasteiger partial charge in [-0.1, -0.05) is 11.3 Å². The second-order valence-corrected chi connectivity index (χ2v) is 8.16. The Morgan fingerprint density at radius 3 is 2.19 bits per heavy atom. The minimum atomic E-state index is -3.85. The predicted octanol–water partition coefficient (Wildman–Crippen LogP) is 3.04. The van der Waals surface area contributed by atoms with Crippen LogP contribution in [0.3, 0.4) is 0 Å². The van der Waals surface area contributed by atoms with Crippen LogP contribution in [0.2, 0.25) is 0 Å². The van der Waals surface area contributed by atoms with Gasteiger partial charge in [-0.25, -0.2) is 0 Å². The number of nitrogens with zero attached hydrogens (tertiary/aromatic N) is 2. The Morgan fingerprint density at radius 2 is 1.63 bits per heavy atom. The fourth-order valence-corrected chi connectivity index (χ4v) is 4.98. The van der Waals surface area contributed by atoms with Crippen molar-refractivity contribution < 1.29 is 22.6 Å². The summed E-state index contributed by atoms with van der Waals surface area (Å²) in [5.74, 6) is 1.74. The normalized spacial score (nSPS) is 12.4. The van der Waals surface area contributed by atoms with Crippen LogP contribution in [0, 0.1) is 0 Å². The van der Waals surface area contributed by atoms with E-state index in [1.807, 2.05) is 23.6 Å². The standard InChI is InChI=1S/C18H20N2O5S2/c1-5-20-14-10-15(24-3)16(25-4)11-17(14)26-18(20)19-27(21,22)13-8-6-12(23-2)7-9-13/h6-11H,5H2,1-4H3. The molecule has 0 spiro atoms. The molecular formula is C18H20N2O5S2. The van der Waals surface area contributed by atoms with Crippen LogP contribution in [0.25, 0.3) is 10.2 Å². The van der Waals surface area contributed by atoms with Gasteiger partial charge in [0, 0.05) is 18.7 Å². The Morgan fingerprint density at radius 1 is 1.00 bits per heavy atom. The van der Waals surface area contributed by atoms with Crippen LogP contribution < -0.4 is 19.0 Å². The summed E-state index contributed by atoms with van der Waals surface area (Å²) in [6, 6.07) is 9.80. The molecule has 1 aromatic heterocycles. The highest BCUT2D eigenvalue weighted by atomic mass is 32.2. The number of methoxy groups -OCH3 is 3. The van der Waals surface area contributed by atoms with Crippen molar-refractivity contribution in [3.05, 3.63) is 41.2 Å². The molecule has 3 rings (SSSR count). The number of thiazole rings is 1. The van der Waals surface area contributed by atoms with Crippen LogP contribution >= 0.6 is 11.3 Å². The molecule has 0 saturated heterocycles. The molecule has 0 aliphatic carbocycles. The monoisotopic (exact) mass is 408 g/mol. The Bertz CT molecular complexity index is 1130. The summed E-state index contributed by atoms with van der Waals surface area (Å²) in [4.78, 5) is 0.497. The van der Waals surface area contributed by atoms with Crippen LogP contribution in [0.5, 0.6) is 17.2 Å². The van der Waals surface area contributed by atoms with Crippen LogP contribution in [0.15, 0.2) is 45.7 Å². The summed E-state index contributed by atoms with van der Waals surface area (Å²) >= 11 is 1.28. The van der Waals surface area contributed by atoms with E-state index in [0.29, 0.717) is 28.6 Å². The molecule has 1 heterocycles. The average molecular weight is 409 g/mol. The number of hydrogen-bond donors (Lipinski definition) is 0. The van der Waals surface area contributed by atoms with E-state index in [2.05, 4.69) is 4.40 Å². The zero-order valence-electron chi connectivity index (χ0n) is 15.4. The lowest BCUT2D eigenvalue weighted by Gasteiger charge is -2.08. The summed E-state index contributed by atoms with van der Waals surface area (Å²) in [7, 11) is 0.794. The lowest BCUT2D eigenvalue weighted by molar-refractivity contribution is 0.355. The number of fused-ring (bicyclic) bond motifs is 1. The summed E-state index contributed by atoms with van der Waals surface area (Å²) in [6.45, 7) is 2.49. The number of aromatic nitrogens is 1. The van der Waals surface area contributed by atoms with E-state index in [0.717, 1.165) is 10.2 Å². The molecule has 0 aliphatic heterocycles. The highest BCUT2D eigenvalue weighted by molar-refractivity contribution is 7.90. The number of ether oxygens (including phenoxy) is 3. The van der Waals surface area contributed by atoms with Crippen LogP contribution in [0.1, 0.15) is 6.92 Å². The highest BCUT2D eigenvalue weighted by Crippen LogP contribution is 2.33. The molecule has 0 saturated carbocycles. The summed E-state index contributed by atoms with van der Waals surface area (Å²) in [5, 5.41) is 0. The fraction of sp³-hybridized carbons (Fsp3) is 0.278. The Hall–Kier alpha value is -2.52. The third-order valence-corrected chi connectivity index (χ3v) is 6.50. The Labute approximate surface area is 161 Å². The van der Waals surface area contributed by atoms with Crippen molar-refractivity contribution in [1.82, 2.24) is 4.57 Å². The molecule has 0 aliphatic rings. The molecule has 27 heavy (non-hydrogen) atoms. The number of aryl methyl sites for hydroxylation is 1. The average Bonchev–Trinajstić information content (AvgIpc) is 3.01. The van der Waals surface area contributed by atoms with Gasteiger partial charge in [-0.3, -0.25) is 0 Å². The summed E-state index contributed by atoms with van der Waals surface area (Å²) < 4.78 is 48.0.